The lowest BCUT2D eigenvalue weighted by atomic mass is 9.99. The van der Waals surface area contributed by atoms with Gasteiger partial charge in [-0.3, -0.25) is 4.79 Å². The molecule has 1 fully saturated rings. The first-order chi connectivity index (χ1) is 8.25. The van der Waals surface area contributed by atoms with Crippen LogP contribution >= 0.6 is 0 Å². The molecule has 0 unspecified atom stereocenters. The average Bonchev–Trinajstić information content (AvgIpc) is 2.39. The minimum Gasteiger partial charge on any atom is -0.352 e. The van der Waals surface area contributed by atoms with Gasteiger partial charge >= 0.3 is 0 Å². The van der Waals surface area contributed by atoms with Crippen molar-refractivity contribution in [3.05, 3.63) is 35.4 Å². The van der Waals surface area contributed by atoms with Crippen LogP contribution in [0.25, 0.3) is 0 Å². The Kier molecular flexibility index (Phi) is 4.15. The Morgan fingerprint density at radius 1 is 1.41 bits per heavy atom. The fourth-order valence-corrected chi connectivity index (χ4v) is 2.12. The number of amides is 1. The van der Waals surface area contributed by atoms with E-state index < -0.39 is 0 Å². The van der Waals surface area contributed by atoms with Crippen LogP contribution < -0.4 is 10.6 Å². The van der Waals surface area contributed by atoms with Gasteiger partial charge in [0, 0.05) is 13.1 Å². The smallest absolute Gasteiger partial charge is 0.224 e. The lowest BCUT2D eigenvalue weighted by molar-refractivity contribution is -0.125. The van der Waals surface area contributed by atoms with Gasteiger partial charge in [0.05, 0.1) is 5.92 Å². The molecular formula is C14H20N2O. The third-order valence-electron chi connectivity index (χ3n) is 3.26. The number of aryl methyl sites for hydroxylation is 1. The highest BCUT2D eigenvalue weighted by molar-refractivity contribution is 5.78. The second-order valence-electron chi connectivity index (χ2n) is 4.75. The molecule has 0 radical (unpaired) electrons. The Balaban J connectivity index is 1.81. The molecule has 3 nitrogen and oxygen atoms in total. The van der Waals surface area contributed by atoms with Crippen LogP contribution in [0.2, 0.25) is 0 Å². The minimum absolute atomic E-state index is 0.147. The van der Waals surface area contributed by atoms with Gasteiger partial charge < -0.3 is 10.6 Å². The molecule has 1 heterocycles. The van der Waals surface area contributed by atoms with E-state index in [0.717, 1.165) is 31.5 Å². The summed E-state index contributed by atoms with van der Waals surface area (Å²) in [5.41, 5.74) is 2.41. The van der Waals surface area contributed by atoms with E-state index >= 15 is 0 Å². The molecule has 0 saturated carbocycles. The standard InChI is InChI=1S/C14H20N2O/c1-11-4-6-12(7-5-11)9-16-14(17)13-3-2-8-15-10-13/h4-7,13,15H,2-3,8-10H2,1H3,(H,16,17)/t13-/m1/s1. The van der Waals surface area contributed by atoms with Gasteiger partial charge in [-0.25, -0.2) is 0 Å². The Labute approximate surface area is 103 Å². The summed E-state index contributed by atoms with van der Waals surface area (Å²) in [5.74, 6) is 0.326. The van der Waals surface area contributed by atoms with Gasteiger partial charge in [0.1, 0.15) is 0 Å². The highest BCUT2D eigenvalue weighted by Gasteiger charge is 2.20. The minimum atomic E-state index is 0.147. The molecule has 1 aromatic carbocycles. The van der Waals surface area contributed by atoms with Crippen LogP contribution in [0.15, 0.2) is 24.3 Å². The Bertz CT molecular complexity index is 366. The van der Waals surface area contributed by atoms with E-state index in [9.17, 15) is 4.79 Å². The lowest BCUT2D eigenvalue weighted by Crippen LogP contribution is -2.40. The van der Waals surface area contributed by atoms with Crippen LogP contribution in [0.5, 0.6) is 0 Å². The largest absolute Gasteiger partial charge is 0.352 e. The summed E-state index contributed by atoms with van der Waals surface area (Å²) in [6, 6.07) is 8.27. The van der Waals surface area contributed by atoms with Crippen LogP contribution in [0.3, 0.4) is 0 Å². The molecule has 0 aliphatic carbocycles. The summed E-state index contributed by atoms with van der Waals surface area (Å²) < 4.78 is 0. The number of carbonyl (C=O) groups is 1. The molecule has 2 N–H and O–H groups in total. The van der Waals surface area contributed by atoms with Crippen molar-refractivity contribution in [3.8, 4) is 0 Å². The van der Waals surface area contributed by atoms with Crippen molar-refractivity contribution in [1.82, 2.24) is 10.6 Å². The third kappa shape index (κ3) is 3.56. The number of piperidine rings is 1. The first-order valence-corrected chi connectivity index (χ1v) is 6.29. The lowest BCUT2D eigenvalue weighted by Gasteiger charge is -2.21. The fraction of sp³-hybridized carbons (Fsp3) is 0.500. The predicted molar refractivity (Wildman–Crippen MR) is 68.6 cm³/mol. The Hall–Kier alpha value is -1.35. The molecule has 1 aliphatic rings. The number of hydrogen-bond donors (Lipinski definition) is 2. The first kappa shape index (κ1) is 12.1. The molecule has 1 aliphatic heterocycles. The molecule has 0 spiro atoms. The van der Waals surface area contributed by atoms with Gasteiger partial charge in [0.15, 0.2) is 0 Å². The van der Waals surface area contributed by atoms with Gasteiger partial charge in [-0.1, -0.05) is 29.8 Å². The summed E-state index contributed by atoms with van der Waals surface area (Å²) in [6.07, 6.45) is 2.11. The van der Waals surface area contributed by atoms with Gasteiger partial charge in [0.25, 0.3) is 0 Å². The number of hydrogen-bond acceptors (Lipinski definition) is 2. The summed E-state index contributed by atoms with van der Waals surface area (Å²) in [5, 5.41) is 6.27. The zero-order valence-electron chi connectivity index (χ0n) is 10.3. The van der Waals surface area contributed by atoms with Crippen molar-refractivity contribution in [3.63, 3.8) is 0 Å². The molecule has 3 heteroatoms. The monoisotopic (exact) mass is 232 g/mol. The summed E-state index contributed by atoms with van der Waals surface area (Å²) in [7, 11) is 0. The summed E-state index contributed by atoms with van der Waals surface area (Å²) in [4.78, 5) is 11.9. The van der Waals surface area contributed by atoms with Crippen LogP contribution in [0.1, 0.15) is 24.0 Å². The van der Waals surface area contributed by atoms with Gasteiger partial charge in [-0.2, -0.15) is 0 Å². The van der Waals surface area contributed by atoms with E-state index in [4.69, 9.17) is 0 Å². The SMILES string of the molecule is Cc1ccc(CNC(=O)[C@@H]2CCCNC2)cc1. The summed E-state index contributed by atoms with van der Waals surface area (Å²) >= 11 is 0. The molecule has 1 aromatic rings. The zero-order chi connectivity index (χ0) is 12.1. The van der Waals surface area contributed by atoms with E-state index in [-0.39, 0.29) is 11.8 Å². The highest BCUT2D eigenvalue weighted by Crippen LogP contribution is 2.10. The van der Waals surface area contributed by atoms with Crippen LogP contribution in [0, 0.1) is 12.8 Å². The second-order valence-corrected chi connectivity index (χ2v) is 4.75. The molecule has 0 aromatic heterocycles. The Morgan fingerprint density at radius 3 is 2.82 bits per heavy atom. The molecule has 0 bridgehead atoms. The van der Waals surface area contributed by atoms with E-state index in [1.807, 2.05) is 0 Å². The van der Waals surface area contributed by atoms with E-state index in [1.165, 1.54) is 5.56 Å². The Morgan fingerprint density at radius 2 is 2.18 bits per heavy atom. The van der Waals surface area contributed by atoms with E-state index in [2.05, 4.69) is 41.8 Å². The molecule has 2 rings (SSSR count). The van der Waals surface area contributed by atoms with Gasteiger partial charge in [-0.15, -0.1) is 0 Å². The highest BCUT2D eigenvalue weighted by atomic mass is 16.1. The van der Waals surface area contributed by atoms with Gasteiger partial charge in [-0.05, 0) is 31.9 Å². The molecule has 1 amide bonds. The van der Waals surface area contributed by atoms with Crippen LogP contribution in [-0.4, -0.2) is 19.0 Å². The fourth-order valence-electron chi connectivity index (χ4n) is 2.12. The quantitative estimate of drug-likeness (QED) is 0.831. The molecule has 92 valence electrons. The van der Waals surface area contributed by atoms with E-state index in [0.29, 0.717) is 6.54 Å². The molecular weight excluding hydrogens is 212 g/mol. The third-order valence-corrected chi connectivity index (χ3v) is 3.26. The molecule has 1 saturated heterocycles. The van der Waals surface area contributed by atoms with Crippen molar-refractivity contribution < 1.29 is 4.79 Å². The van der Waals surface area contributed by atoms with Crippen molar-refractivity contribution in [1.29, 1.82) is 0 Å². The number of carbonyl (C=O) groups excluding carboxylic acids is 1. The average molecular weight is 232 g/mol. The van der Waals surface area contributed by atoms with Crippen molar-refractivity contribution in [2.75, 3.05) is 13.1 Å². The van der Waals surface area contributed by atoms with Gasteiger partial charge in [0.2, 0.25) is 5.91 Å². The predicted octanol–water partition coefficient (Wildman–Crippen LogP) is 1.61. The summed E-state index contributed by atoms with van der Waals surface area (Å²) in [6.45, 7) is 4.56. The molecule has 1 atom stereocenters. The maximum absolute atomic E-state index is 11.9. The topological polar surface area (TPSA) is 41.1 Å². The maximum atomic E-state index is 11.9. The number of nitrogens with one attached hydrogen (secondary N) is 2. The number of rotatable bonds is 3. The van der Waals surface area contributed by atoms with Crippen molar-refractivity contribution >= 4 is 5.91 Å². The molecule has 17 heavy (non-hydrogen) atoms. The van der Waals surface area contributed by atoms with Crippen molar-refractivity contribution in [2.24, 2.45) is 5.92 Å². The van der Waals surface area contributed by atoms with Crippen LogP contribution in [-0.2, 0) is 11.3 Å². The zero-order valence-corrected chi connectivity index (χ0v) is 10.3. The second kappa shape index (κ2) is 5.82. The van der Waals surface area contributed by atoms with Crippen LogP contribution in [0.4, 0.5) is 0 Å². The number of benzene rings is 1. The normalized spacial score (nSPS) is 19.9. The first-order valence-electron chi connectivity index (χ1n) is 6.29. The van der Waals surface area contributed by atoms with Crippen molar-refractivity contribution in [2.45, 2.75) is 26.3 Å². The van der Waals surface area contributed by atoms with E-state index in [1.54, 1.807) is 0 Å². The maximum Gasteiger partial charge on any atom is 0.224 e.